The highest BCUT2D eigenvalue weighted by Gasteiger charge is 2.29. The highest BCUT2D eigenvalue weighted by molar-refractivity contribution is 7.85. The number of aromatic nitrogens is 3. The standard InChI is InChI=1S/C31H29N5O4S/c1-19(2)36(21-9-5-4-6-10-21)27-26(25-17-18-35(3)34-25)33-31(39)29(28(27)37)41(40)22-15-13-20(14-16-22)23-11-7-8-12-24(23)30(32)38/h4-19H,1-3H3,(H2,32,38)(H2,33,37,39). The molecule has 41 heavy (non-hydrogen) atoms. The molecule has 2 aromatic heterocycles. The molecular formula is C31H29N5O4S. The minimum absolute atomic E-state index is 0.150. The number of nitrogens with two attached hydrogens (primary N) is 1. The summed E-state index contributed by atoms with van der Waals surface area (Å²) < 4.78 is 15.5. The molecule has 0 saturated heterocycles. The van der Waals surface area contributed by atoms with E-state index in [1.165, 1.54) is 0 Å². The van der Waals surface area contributed by atoms with Crippen LogP contribution in [0.2, 0.25) is 0 Å². The van der Waals surface area contributed by atoms with Gasteiger partial charge in [0.2, 0.25) is 5.91 Å². The Hall–Kier alpha value is -4.96. The van der Waals surface area contributed by atoms with Gasteiger partial charge in [0.25, 0.3) is 5.56 Å². The number of para-hydroxylation sites is 1. The van der Waals surface area contributed by atoms with Crippen LogP contribution in [0.5, 0.6) is 5.75 Å². The number of aromatic amines is 1. The number of carbonyl (C=O) groups excluding carboxylic acids is 1. The number of hydrogen-bond acceptors (Lipinski definition) is 6. The lowest BCUT2D eigenvalue weighted by Gasteiger charge is -2.31. The average molecular weight is 568 g/mol. The first kappa shape index (κ1) is 27.6. The predicted octanol–water partition coefficient (Wildman–Crippen LogP) is 4.96. The number of rotatable bonds is 8. The van der Waals surface area contributed by atoms with Gasteiger partial charge in [-0.15, -0.1) is 0 Å². The van der Waals surface area contributed by atoms with E-state index >= 15 is 0 Å². The highest BCUT2D eigenvalue weighted by atomic mass is 32.2. The fourth-order valence-corrected chi connectivity index (χ4v) is 5.91. The summed E-state index contributed by atoms with van der Waals surface area (Å²) in [4.78, 5) is 30.1. The highest BCUT2D eigenvalue weighted by Crippen LogP contribution is 2.43. The van der Waals surface area contributed by atoms with Crippen LogP contribution in [0.1, 0.15) is 24.2 Å². The van der Waals surface area contributed by atoms with Crippen molar-refractivity contribution in [2.75, 3.05) is 4.90 Å². The Morgan fingerprint density at radius 3 is 2.27 bits per heavy atom. The van der Waals surface area contributed by atoms with E-state index in [1.54, 1.807) is 72.5 Å². The summed E-state index contributed by atoms with van der Waals surface area (Å²) >= 11 is 0. The van der Waals surface area contributed by atoms with Gasteiger partial charge >= 0.3 is 0 Å². The first-order valence-electron chi connectivity index (χ1n) is 12.9. The van der Waals surface area contributed by atoms with Crippen LogP contribution in [-0.4, -0.2) is 36.0 Å². The third-order valence-electron chi connectivity index (χ3n) is 6.64. The number of anilines is 2. The van der Waals surface area contributed by atoms with Crippen LogP contribution in [0.3, 0.4) is 0 Å². The first-order valence-corrected chi connectivity index (χ1v) is 14.1. The van der Waals surface area contributed by atoms with Crippen molar-refractivity contribution in [2.24, 2.45) is 12.8 Å². The maximum absolute atomic E-state index is 13.9. The van der Waals surface area contributed by atoms with Crippen LogP contribution in [0.25, 0.3) is 22.5 Å². The Labute approximate surface area is 239 Å². The molecule has 2 heterocycles. The van der Waals surface area contributed by atoms with E-state index in [0.29, 0.717) is 38.7 Å². The molecule has 10 heteroatoms. The largest absolute Gasteiger partial charge is 0.504 e. The number of aromatic hydroxyl groups is 1. The monoisotopic (exact) mass is 567 g/mol. The van der Waals surface area contributed by atoms with E-state index in [0.717, 1.165) is 5.69 Å². The van der Waals surface area contributed by atoms with Crippen LogP contribution in [0, 0.1) is 0 Å². The molecular weight excluding hydrogens is 538 g/mol. The van der Waals surface area contributed by atoms with Crippen molar-refractivity contribution in [2.45, 2.75) is 29.7 Å². The van der Waals surface area contributed by atoms with Gasteiger partial charge < -0.3 is 20.7 Å². The summed E-state index contributed by atoms with van der Waals surface area (Å²) in [5.74, 6) is -0.952. The summed E-state index contributed by atoms with van der Waals surface area (Å²) in [6.45, 7) is 3.91. The predicted molar refractivity (Wildman–Crippen MR) is 160 cm³/mol. The number of nitrogens with one attached hydrogen (secondary N) is 1. The van der Waals surface area contributed by atoms with Crippen molar-refractivity contribution in [3.63, 3.8) is 0 Å². The Morgan fingerprint density at radius 2 is 1.66 bits per heavy atom. The molecule has 0 aliphatic rings. The van der Waals surface area contributed by atoms with Crippen LogP contribution in [-0.2, 0) is 17.8 Å². The number of benzene rings is 3. The molecule has 9 nitrogen and oxygen atoms in total. The van der Waals surface area contributed by atoms with Crippen molar-refractivity contribution in [3.8, 4) is 28.3 Å². The number of carbonyl (C=O) groups is 1. The number of H-pyrrole nitrogens is 1. The molecule has 1 amide bonds. The summed E-state index contributed by atoms with van der Waals surface area (Å²) in [5.41, 5.74) is 8.36. The van der Waals surface area contributed by atoms with Crippen molar-refractivity contribution in [1.82, 2.24) is 14.8 Å². The van der Waals surface area contributed by atoms with Crippen LogP contribution >= 0.6 is 0 Å². The second-order valence-corrected chi connectivity index (χ2v) is 11.1. The molecule has 0 bridgehead atoms. The molecule has 3 aromatic carbocycles. The first-order chi connectivity index (χ1) is 19.7. The lowest BCUT2D eigenvalue weighted by atomic mass is 9.99. The Bertz CT molecular complexity index is 1810. The number of pyridine rings is 1. The van der Waals surface area contributed by atoms with Gasteiger partial charge in [-0.3, -0.25) is 14.3 Å². The molecule has 4 N–H and O–H groups in total. The van der Waals surface area contributed by atoms with Crippen molar-refractivity contribution >= 4 is 28.1 Å². The van der Waals surface area contributed by atoms with Crippen LogP contribution in [0.15, 0.2) is 106 Å². The van der Waals surface area contributed by atoms with E-state index in [2.05, 4.69) is 10.1 Å². The molecule has 5 rings (SSSR count). The van der Waals surface area contributed by atoms with Crippen LogP contribution < -0.4 is 16.2 Å². The topological polar surface area (TPSA) is 134 Å². The van der Waals surface area contributed by atoms with E-state index < -0.39 is 28.0 Å². The zero-order valence-electron chi connectivity index (χ0n) is 22.7. The molecule has 0 aliphatic heterocycles. The molecule has 0 aliphatic carbocycles. The maximum atomic E-state index is 13.9. The molecule has 0 fully saturated rings. The van der Waals surface area contributed by atoms with E-state index in [-0.39, 0.29) is 10.9 Å². The SMILES string of the molecule is CC(C)N(c1ccccc1)c1c(-c2ccn(C)n2)[nH]c(=O)c(S(=O)c2ccc(-c3ccccc3C(N)=O)cc2)c1O. The van der Waals surface area contributed by atoms with Gasteiger partial charge in [0.05, 0.1) is 16.5 Å². The quantitative estimate of drug-likeness (QED) is 0.243. The van der Waals surface area contributed by atoms with E-state index in [4.69, 9.17) is 5.73 Å². The number of aryl methyl sites for hydroxylation is 1. The van der Waals surface area contributed by atoms with Gasteiger partial charge in [-0.05, 0) is 61.4 Å². The van der Waals surface area contributed by atoms with Gasteiger partial charge in [0.15, 0.2) is 10.6 Å². The van der Waals surface area contributed by atoms with Crippen molar-refractivity contribution in [1.29, 1.82) is 0 Å². The fraction of sp³-hybridized carbons (Fsp3) is 0.129. The van der Waals surface area contributed by atoms with Crippen molar-refractivity contribution in [3.05, 3.63) is 107 Å². The smallest absolute Gasteiger partial charge is 0.269 e. The van der Waals surface area contributed by atoms with Crippen LogP contribution in [0.4, 0.5) is 11.4 Å². The van der Waals surface area contributed by atoms with Gasteiger partial charge in [-0.1, -0.05) is 48.5 Å². The summed E-state index contributed by atoms with van der Waals surface area (Å²) in [7, 11) is -0.285. The minimum atomic E-state index is -2.04. The number of primary amides is 1. The third-order valence-corrected chi connectivity index (χ3v) is 8.09. The molecule has 208 valence electrons. The molecule has 1 unspecified atom stereocenters. The summed E-state index contributed by atoms with van der Waals surface area (Å²) in [5, 5.41) is 16.2. The van der Waals surface area contributed by atoms with Gasteiger partial charge in [-0.2, -0.15) is 5.10 Å². The molecule has 1 atom stereocenters. The number of nitrogens with zero attached hydrogens (tertiary/aromatic N) is 3. The van der Waals surface area contributed by atoms with Gasteiger partial charge in [-0.25, -0.2) is 4.21 Å². The Balaban J connectivity index is 1.66. The molecule has 5 aromatic rings. The summed E-state index contributed by atoms with van der Waals surface area (Å²) in [6.07, 6.45) is 1.74. The molecule has 0 spiro atoms. The summed E-state index contributed by atoms with van der Waals surface area (Å²) in [6, 6.07) is 24.6. The fourth-order valence-electron chi connectivity index (χ4n) is 4.80. The van der Waals surface area contributed by atoms with E-state index in [1.807, 2.05) is 49.1 Å². The minimum Gasteiger partial charge on any atom is -0.504 e. The second kappa shape index (κ2) is 11.3. The number of amides is 1. The molecule has 0 saturated carbocycles. The zero-order valence-corrected chi connectivity index (χ0v) is 23.6. The van der Waals surface area contributed by atoms with Crippen molar-refractivity contribution < 1.29 is 14.1 Å². The average Bonchev–Trinajstić information content (AvgIpc) is 3.40. The molecule has 0 radical (unpaired) electrons. The Morgan fingerprint density at radius 1 is 1.00 bits per heavy atom. The maximum Gasteiger partial charge on any atom is 0.269 e. The Kier molecular flexibility index (Phi) is 7.58. The van der Waals surface area contributed by atoms with E-state index in [9.17, 15) is 18.9 Å². The normalized spacial score (nSPS) is 11.9. The zero-order chi connectivity index (χ0) is 29.3. The van der Waals surface area contributed by atoms with Gasteiger partial charge in [0, 0.05) is 35.4 Å². The van der Waals surface area contributed by atoms with Gasteiger partial charge in [0.1, 0.15) is 11.4 Å². The lowest BCUT2D eigenvalue weighted by Crippen LogP contribution is -2.28. The third kappa shape index (κ3) is 5.29. The lowest BCUT2D eigenvalue weighted by molar-refractivity contribution is 0.100. The number of hydrogen-bond donors (Lipinski definition) is 3. The second-order valence-electron chi connectivity index (χ2n) is 9.73.